The molecule has 1 aromatic heterocycles. The van der Waals surface area contributed by atoms with E-state index in [1.54, 1.807) is 12.3 Å². The Kier molecular flexibility index (Phi) is 4.54. The van der Waals surface area contributed by atoms with Gasteiger partial charge in [-0.3, -0.25) is 4.79 Å². The number of carbonyl (C=O) groups excluding carboxylic acids is 1. The Labute approximate surface area is 112 Å². The van der Waals surface area contributed by atoms with Crippen molar-refractivity contribution < 1.29 is 14.3 Å². The minimum atomic E-state index is -0.0905. The molecule has 0 saturated heterocycles. The lowest BCUT2D eigenvalue weighted by molar-refractivity contribution is -0.149. The van der Waals surface area contributed by atoms with Crippen molar-refractivity contribution in [1.29, 1.82) is 0 Å². The molecule has 1 aromatic rings. The first-order valence-electron chi connectivity index (χ1n) is 6.61. The summed E-state index contributed by atoms with van der Waals surface area (Å²) in [6.45, 7) is 2.27. The Morgan fingerprint density at radius 1 is 1.42 bits per heavy atom. The third kappa shape index (κ3) is 3.81. The SMILES string of the molecule is CCOC(=O)C1CCC(Oc2ccnc(N)n2)CC1. The Bertz CT molecular complexity index is 431. The number of anilines is 1. The average Bonchev–Trinajstić information content (AvgIpc) is 2.40. The molecule has 0 atom stereocenters. The summed E-state index contributed by atoms with van der Waals surface area (Å²) in [6.07, 6.45) is 4.90. The van der Waals surface area contributed by atoms with Gasteiger partial charge in [0, 0.05) is 12.3 Å². The van der Waals surface area contributed by atoms with Gasteiger partial charge in [-0.25, -0.2) is 4.98 Å². The van der Waals surface area contributed by atoms with Crippen molar-refractivity contribution in [2.24, 2.45) is 5.92 Å². The van der Waals surface area contributed by atoms with Crippen molar-refractivity contribution in [1.82, 2.24) is 9.97 Å². The van der Waals surface area contributed by atoms with E-state index in [4.69, 9.17) is 15.2 Å². The zero-order valence-corrected chi connectivity index (χ0v) is 11.0. The van der Waals surface area contributed by atoms with Crippen LogP contribution in [0.25, 0.3) is 0 Å². The molecule has 1 aliphatic rings. The predicted octanol–water partition coefficient (Wildman–Crippen LogP) is 1.56. The largest absolute Gasteiger partial charge is 0.474 e. The molecule has 19 heavy (non-hydrogen) atoms. The smallest absolute Gasteiger partial charge is 0.308 e. The van der Waals surface area contributed by atoms with Crippen LogP contribution < -0.4 is 10.5 Å². The summed E-state index contributed by atoms with van der Waals surface area (Å²) >= 11 is 0. The molecule has 0 aromatic carbocycles. The van der Waals surface area contributed by atoms with Crippen molar-refractivity contribution in [2.45, 2.75) is 38.7 Å². The van der Waals surface area contributed by atoms with E-state index < -0.39 is 0 Å². The monoisotopic (exact) mass is 265 g/mol. The van der Waals surface area contributed by atoms with Crippen LogP contribution in [0.1, 0.15) is 32.6 Å². The van der Waals surface area contributed by atoms with Crippen molar-refractivity contribution in [3.05, 3.63) is 12.3 Å². The van der Waals surface area contributed by atoms with Gasteiger partial charge in [0.15, 0.2) is 0 Å². The molecule has 0 spiro atoms. The molecule has 1 heterocycles. The molecule has 1 aliphatic carbocycles. The molecule has 0 aliphatic heterocycles. The van der Waals surface area contributed by atoms with Gasteiger partial charge in [0.2, 0.25) is 11.8 Å². The summed E-state index contributed by atoms with van der Waals surface area (Å²) in [4.78, 5) is 19.4. The van der Waals surface area contributed by atoms with E-state index >= 15 is 0 Å². The Hall–Kier alpha value is -1.85. The number of hydrogen-bond donors (Lipinski definition) is 1. The number of ether oxygens (including phenoxy) is 2. The lowest BCUT2D eigenvalue weighted by Crippen LogP contribution is -2.29. The van der Waals surface area contributed by atoms with Gasteiger partial charge in [-0.05, 0) is 32.6 Å². The van der Waals surface area contributed by atoms with Crippen LogP contribution in [0.15, 0.2) is 12.3 Å². The lowest BCUT2D eigenvalue weighted by Gasteiger charge is -2.27. The summed E-state index contributed by atoms with van der Waals surface area (Å²) in [5.41, 5.74) is 5.50. The van der Waals surface area contributed by atoms with Crippen molar-refractivity contribution in [2.75, 3.05) is 12.3 Å². The number of aromatic nitrogens is 2. The summed E-state index contributed by atoms with van der Waals surface area (Å²) in [5.74, 6) is 0.618. The zero-order chi connectivity index (χ0) is 13.7. The fraction of sp³-hybridized carbons (Fsp3) is 0.615. The zero-order valence-electron chi connectivity index (χ0n) is 11.0. The summed E-state index contributed by atoms with van der Waals surface area (Å²) in [7, 11) is 0. The molecule has 1 fully saturated rings. The molecule has 0 bridgehead atoms. The molecule has 2 rings (SSSR count). The number of nitrogens with zero attached hydrogens (tertiary/aromatic N) is 2. The number of carbonyl (C=O) groups is 1. The highest BCUT2D eigenvalue weighted by Crippen LogP contribution is 2.28. The maximum Gasteiger partial charge on any atom is 0.308 e. The van der Waals surface area contributed by atoms with E-state index in [0.29, 0.717) is 12.5 Å². The van der Waals surface area contributed by atoms with E-state index in [-0.39, 0.29) is 23.9 Å². The molecule has 0 unspecified atom stereocenters. The van der Waals surface area contributed by atoms with Crippen LogP contribution in [0.3, 0.4) is 0 Å². The third-order valence-electron chi connectivity index (χ3n) is 3.23. The number of esters is 1. The van der Waals surface area contributed by atoms with Gasteiger partial charge < -0.3 is 15.2 Å². The van der Waals surface area contributed by atoms with Crippen molar-refractivity contribution >= 4 is 11.9 Å². The predicted molar refractivity (Wildman–Crippen MR) is 69.5 cm³/mol. The first-order valence-corrected chi connectivity index (χ1v) is 6.61. The molecule has 2 N–H and O–H groups in total. The number of hydrogen-bond acceptors (Lipinski definition) is 6. The second kappa shape index (κ2) is 6.36. The highest BCUT2D eigenvalue weighted by Gasteiger charge is 2.28. The summed E-state index contributed by atoms with van der Waals surface area (Å²) in [6, 6.07) is 1.69. The fourth-order valence-corrected chi connectivity index (χ4v) is 2.27. The molecular formula is C13H19N3O3. The highest BCUT2D eigenvalue weighted by molar-refractivity contribution is 5.72. The Balaban J connectivity index is 1.82. The maximum absolute atomic E-state index is 11.6. The van der Waals surface area contributed by atoms with Crippen LogP contribution in [-0.2, 0) is 9.53 Å². The molecule has 6 nitrogen and oxygen atoms in total. The van der Waals surface area contributed by atoms with Crippen LogP contribution in [-0.4, -0.2) is 28.6 Å². The van der Waals surface area contributed by atoms with E-state index in [1.165, 1.54) is 0 Å². The van der Waals surface area contributed by atoms with Crippen molar-refractivity contribution in [3.8, 4) is 5.88 Å². The molecule has 104 valence electrons. The van der Waals surface area contributed by atoms with E-state index in [1.807, 2.05) is 6.92 Å². The minimum absolute atomic E-state index is 0.00951. The molecule has 6 heteroatoms. The van der Waals surface area contributed by atoms with Gasteiger partial charge >= 0.3 is 5.97 Å². The van der Waals surface area contributed by atoms with Crippen LogP contribution in [0, 0.1) is 5.92 Å². The van der Waals surface area contributed by atoms with Crippen LogP contribution in [0.5, 0.6) is 5.88 Å². The van der Waals surface area contributed by atoms with E-state index in [9.17, 15) is 4.79 Å². The number of nitrogen functional groups attached to an aromatic ring is 1. The summed E-state index contributed by atoms with van der Waals surface area (Å²) < 4.78 is 10.8. The second-order valence-corrected chi connectivity index (χ2v) is 4.60. The summed E-state index contributed by atoms with van der Waals surface area (Å²) in [5, 5.41) is 0. The number of rotatable bonds is 4. The fourth-order valence-electron chi connectivity index (χ4n) is 2.27. The average molecular weight is 265 g/mol. The molecule has 0 amide bonds. The minimum Gasteiger partial charge on any atom is -0.474 e. The quantitative estimate of drug-likeness (QED) is 0.831. The highest BCUT2D eigenvalue weighted by atomic mass is 16.5. The van der Waals surface area contributed by atoms with E-state index in [2.05, 4.69) is 9.97 Å². The lowest BCUT2D eigenvalue weighted by atomic mass is 9.87. The number of nitrogens with two attached hydrogens (primary N) is 1. The van der Waals surface area contributed by atoms with Gasteiger partial charge in [-0.2, -0.15) is 4.98 Å². The first-order chi connectivity index (χ1) is 9.19. The normalized spacial score (nSPS) is 22.8. The van der Waals surface area contributed by atoms with Crippen molar-refractivity contribution in [3.63, 3.8) is 0 Å². The topological polar surface area (TPSA) is 87.3 Å². The van der Waals surface area contributed by atoms with Gasteiger partial charge in [-0.15, -0.1) is 0 Å². The second-order valence-electron chi connectivity index (χ2n) is 4.60. The first kappa shape index (κ1) is 13.6. The van der Waals surface area contributed by atoms with E-state index in [0.717, 1.165) is 25.7 Å². The molecule has 1 saturated carbocycles. The van der Waals surface area contributed by atoms with Crippen LogP contribution in [0.4, 0.5) is 5.95 Å². The molecular weight excluding hydrogens is 246 g/mol. The Morgan fingerprint density at radius 2 is 2.16 bits per heavy atom. The van der Waals surface area contributed by atoms with Gasteiger partial charge in [0.1, 0.15) is 6.10 Å². The third-order valence-corrected chi connectivity index (χ3v) is 3.23. The Morgan fingerprint density at radius 3 is 2.79 bits per heavy atom. The van der Waals surface area contributed by atoms with Crippen LogP contribution in [0.2, 0.25) is 0 Å². The van der Waals surface area contributed by atoms with Gasteiger partial charge in [0.05, 0.1) is 12.5 Å². The standard InChI is InChI=1S/C13H19N3O3/c1-2-18-12(17)9-3-5-10(6-4-9)19-11-7-8-15-13(14)16-11/h7-10H,2-6H2,1H3,(H2,14,15,16). The van der Waals surface area contributed by atoms with Gasteiger partial charge in [0.25, 0.3) is 0 Å². The van der Waals surface area contributed by atoms with Gasteiger partial charge in [-0.1, -0.05) is 0 Å². The maximum atomic E-state index is 11.6. The van der Waals surface area contributed by atoms with Crippen LogP contribution >= 0.6 is 0 Å². The molecule has 0 radical (unpaired) electrons.